The van der Waals surface area contributed by atoms with Gasteiger partial charge in [-0.15, -0.1) is 0 Å². The zero-order chi connectivity index (χ0) is 31.8. The molecule has 9 nitrogen and oxygen atoms in total. The van der Waals surface area contributed by atoms with Crippen LogP contribution in [0.25, 0.3) is 0 Å². The largest absolute Gasteiger partial charge is 0.486 e. The maximum absolute atomic E-state index is 13.7. The predicted molar refractivity (Wildman–Crippen MR) is 150 cm³/mol. The van der Waals surface area contributed by atoms with Crippen molar-refractivity contribution in [2.45, 2.75) is 81.7 Å². The van der Waals surface area contributed by atoms with Gasteiger partial charge < -0.3 is 9.47 Å². The number of carbonyl (C=O) groups excluding carboxylic acids is 1. The molecule has 1 unspecified atom stereocenters. The quantitative estimate of drug-likeness (QED) is 0.283. The van der Waals surface area contributed by atoms with E-state index in [1.54, 1.807) is 0 Å². The normalized spacial score (nSPS) is 20.3. The van der Waals surface area contributed by atoms with E-state index >= 15 is 0 Å². The number of hydrogen-bond donors (Lipinski definition) is 0. The second kappa shape index (κ2) is 12.2. The molecule has 0 saturated carbocycles. The maximum Gasteiger partial charge on any atom is 0.427 e. The van der Waals surface area contributed by atoms with E-state index in [0.717, 1.165) is 61.7 Å². The number of alkyl halides is 3. The first-order chi connectivity index (χ1) is 19.9. The molecule has 2 aliphatic rings. The molecule has 0 N–H and O–H groups in total. The summed E-state index contributed by atoms with van der Waals surface area (Å²) in [6, 6.07) is 8.02. The minimum atomic E-state index is -4.80. The molecular weight excluding hydrogens is 616 g/mol. The average molecular weight is 651 g/mol. The fourth-order valence-corrected chi connectivity index (χ4v) is 8.36. The molecule has 2 heterocycles. The Labute approximate surface area is 248 Å². The van der Waals surface area contributed by atoms with Crippen LogP contribution in [0.3, 0.4) is 0 Å². The monoisotopic (exact) mass is 650 g/mol. The number of ether oxygens (including phenoxy) is 2. The number of carbonyl (C=O) groups is 1. The molecule has 15 heteroatoms. The third kappa shape index (κ3) is 7.43. The number of anilines is 1. The van der Waals surface area contributed by atoms with Crippen LogP contribution in [0.1, 0.15) is 52.0 Å². The van der Waals surface area contributed by atoms with Crippen LogP contribution in [0.4, 0.5) is 23.2 Å². The highest BCUT2D eigenvalue weighted by molar-refractivity contribution is 7.92. The van der Waals surface area contributed by atoms with Gasteiger partial charge in [-0.3, -0.25) is 9.10 Å². The molecule has 2 atom stereocenters. The zero-order valence-electron chi connectivity index (χ0n) is 23.9. The Hall–Kier alpha value is -2.91. The van der Waals surface area contributed by atoms with E-state index in [1.807, 2.05) is 6.92 Å². The predicted octanol–water partition coefficient (Wildman–Crippen LogP) is 4.80. The number of benzene rings is 2. The molecule has 0 bridgehead atoms. The van der Waals surface area contributed by atoms with Gasteiger partial charge in [-0.05, 0) is 75.6 Å². The second-order valence-electron chi connectivity index (χ2n) is 11.3. The molecular formula is C28H34F4N2O7S2. The van der Waals surface area contributed by atoms with Gasteiger partial charge in [0.1, 0.15) is 17.7 Å². The minimum absolute atomic E-state index is 0.00605. The number of rotatable bonds is 9. The van der Waals surface area contributed by atoms with Crippen molar-refractivity contribution in [2.24, 2.45) is 0 Å². The molecule has 2 aliphatic heterocycles. The van der Waals surface area contributed by atoms with Crippen LogP contribution in [-0.4, -0.2) is 69.9 Å². The zero-order valence-corrected chi connectivity index (χ0v) is 25.6. The molecule has 0 aliphatic carbocycles. The summed E-state index contributed by atoms with van der Waals surface area (Å²) >= 11 is 0. The molecule has 238 valence electrons. The number of piperidine rings is 1. The lowest BCUT2D eigenvalue weighted by Gasteiger charge is -2.37. The van der Waals surface area contributed by atoms with Gasteiger partial charge in [-0.2, -0.15) is 17.5 Å². The standard InChI is InChI=1S/C28H34F4N2O7S2/c1-19-6-4-5-14-33(19)42(36,37)15-13-22-18-34(43(38,39)23-10-8-21(29)9-11-23)24-16-20(7-12-25(24)40-22)17-26(35)41-27(2,3)28(30,31)32/h7-12,16,19,22H,4-6,13-15,17-18H2,1-3H3/t19?,22-/m0/s1. The lowest BCUT2D eigenvalue weighted by atomic mass is 10.1. The Bertz CT molecular complexity index is 1550. The Morgan fingerprint density at radius 2 is 1.72 bits per heavy atom. The topological polar surface area (TPSA) is 110 Å². The Kier molecular flexibility index (Phi) is 9.39. The van der Waals surface area contributed by atoms with Gasteiger partial charge in [0.2, 0.25) is 15.6 Å². The number of nitrogens with zero attached hydrogens (tertiary/aromatic N) is 2. The van der Waals surface area contributed by atoms with E-state index in [-0.39, 0.29) is 46.7 Å². The van der Waals surface area contributed by atoms with E-state index in [1.165, 1.54) is 22.5 Å². The van der Waals surface area contributed by atoms with Gasteiger partial charge >= 0.3 is 12.1 Å². The van der Waals surface area contributed by atoms with E-state index in [2.05, 4.69) is 4.74 Å². The van der Waals surface area contributed by atoms with Crippen LogP contribution in [0.5, 0.6) is 5.75 Å². The van der Waals surface area contributed by atoms with Crippen molar-refractivity contribution >= 4 is 31.7 Å². The van der Waals surface area contributed by atoms with E-state index in [0.29, 0.717) is 6.54 Å². The fourth-order valence-electron chi connectivity index (χ4n) is 5.01. The van der Waals surface area contributed by atoms with Crippen molar-refractivity contribution in [3.05, 3.63) is 53.8 Å². The van der Waals surface area contributed by atoms with Crippen molar-refractivity contribution < 1.29 is 48.7 Å². The smallest absolute Gasteiger partial charge is 0.427 e. The summed E-state index contributed by atoms with van der Waals surface area (Å²) in [4.78, 5) is 12.1. The van der Waals surface area contributed by atoms with Gasteiger partial charge in [0, 0.05) is 19.0 Å². The summed E-state index contributed by atoms with van der Waals surface area (Å²) in [7, 11) is -7.99. The van der Waals surface area contributed by atoms with Crippen molar-refractivity contribution in [2.75, 3.05) is 23.1 Å². The van der Waals surface area contributed by atoms with Gasteiger partial charge in [-0.1, -0.05) is 12.5 Å². The SMILES string of the molecule is CC1CCCCN1S(=O)(=O)CC[C@H]1CN(S(=O)(=O)c2ccc(F)cc2)c2cc(CC(=O)OC(C)(C)C(F)(F)F)ccc2O1. The van der Waals surface area contributed by atoms with Crippen LogP contribution in [0.15, 0.2) is 47.4 Å². The molecule has 43 heavy (non-hydrogen) atoms. The third-order valence-corrected chi connectivity index (χ3v) is 11.4. The Morgan fingerprint density at radius 3 is 2.35 bits per heavy atom. The average Bonchev–Trinajstić information content (AvgIpc) is 2.91. The van der Waals surface area contributed by atoms with Gasteiger partial charge in [-0.25, -0.2) is 21.2 Å². The summed E-state index contributed by atoms with van der Waals surface area (Å²) in [6.45, 7) is 3.39. The summed E-state index contributed by atoms with van der Waals surface area (Å²) in [5.74, 6) is -2.04. The molecule has 2 aromatic carbocycles. The summed E-state index contributed by atoms with van der Waals surface area (Å²) in [5.41, 5.74) is -2.59. The molecule has 1 fully saturated rings. The number of halogens is 4. The molecule has 0 radical (unpaired) electrons. The maximum atomic E-state index is 13.7. The molecule has 2 aromatic rings. The van der Waals surface area contributed by atoms with Crippen LogP contribution >= 0.6 is 0 Å². The van der Waals surface area contributed by atoms with Crippen molar-refractivity contribution in [3.8, 4) is 5.75 Å². The van der Waals surface area contributed by atoms with Crippen LogP contribution < -0.4 is 9.04 Å². The first-order valence-corrected chi connectivity index (χ1v) is 16.8. The summed E-state index contributed by atoms with van der Waals surface area (Å²) in [5, 5.41) is 0. The summed E-state index contributed by atoms with van der Waals surface area (Å²) < 4.78 is 120. The fraction of sp³-hybridized carbons (Fsp3) is 0.536. The lowest BCUT2D eigenvalue weighted by Crippen LogP contribution is -2.46. The van der Waals surface area contributed by atoms with E-state index in [9.17, 15) is 39.2 Å². The second-order valence-corrected chi connectivity index (χ2v) is 15.2. The van der Waals surface area contributed by atoms with E-state index in [4.69, 9.17) is 4.74 Å². The molecule has 1 saturated heterocycles. The highest BCUT2D eigenvalue weighted by Crippen LogP contribution is 2.39. The highest BCUT2D eigenvalue weighted by Gasteiger charge is 2.50. The van der Waals surface area contributed by atoms with Crippen molar-refractivity contribution in [1.82, 2.24) is 4.31 Å². The van der Waals surface area contributed by atoms with Crippen LogP contribution in [0.2, 0.25) is 0 Å². The van der Waals surface area contributed by atoms with Gasteiger partial charge in [0.05, 0.1) is 29.3 Å². The molecule has 0 aromatic heterocycles. The van der Waals surface area contributed by atoms with Crippen LogP contribution in [0, 0.1) is 5.82 Å². The van der Waals surface area contributed by atoms with E-state index < -0.39 is 56.1 Å². The minimum Gasteiger partial charge on any atom is -0.486 e. The highest BCUT2D eigenvalue weighted by atomic mass is 32.2. The van der Waals surface area contributed by atoms with Crippen molar-refractivity contribution in [3.63, 3.8) is 0 Å². The summed E-state index contributed by atoms with van der Waals surface area (Å²) in [6.07, 6.45) is -3.86. The first-order valence-electron chi connectivity index (χ1n) is 13.8. The number of fused-ring (bicyclic) bond motifs is 1. The third-order valence-electron chi connectivity index (χ3n) is 7.55. The van der Waals surface area contributed by atoms with Gasteiger partial charge in [0.25, 0.3) is 10.0 Å². The lowest BCUT2D eigenvalue weighted by molar-refractivity contribution is -0.257. The number of esters is 1. The molecule has 0 spiro atoms. The van der Waals surface area contributed by atoms with Gasteiger partial charge in [0.15, 0.2) is 0 Å². The Balaban J connectivity index is 1.61. The molecule has 4 rings (SSSR count). The molecule has 0 amide bonds. The number of hydrogen-bond acceptors (Lipinski definition) is 7. The number of sulfonamides is 2. The van der Waals surface area contributed by atoms with Crippen molar-refractivity contribution in [1.29, 1.82) is 0 Å². The first kappa shape index (κ1) is 33.0. The Morgan fingerprint density at radius 1 is 1.05 bits per heavy atom. The van der Waals surface area contributed by atoms with Crippen LogP contribution in [-0.2, 0) is 36.0 Å².